The average molecular weight is 465 g/mol. The van der Waals surface area contributed by atoms with E-state index in [1.807, 2.05) is 0 Å². The van der Waals surface area contributed by atoms with E-state index in [4.69, 9.17) is 28.8 Å². The number of carbonyl (C=O) groups excluding carboxylic acids is 3. The first kappa shape index (κ1) is 30.0. The van der Waals surface area contributed by atoms with E-state index in [9.17, 15) is 14.4 Å². The van der Waals surface area contributed by atoms with Crippen LogP contribution in [0.25, 0.3) is 0 Å². The van der Waals surface area contributed by atoms with Gasteiger partial charge in [0.2, 0.25) is 0 Å². The van der Waals surface area contributed by atoms with Gasteiger partial charge in [-0.1, -0.05) is 0 Å². The van der Waals surface area contributed by atoms with Crippen molar-refractivity contribution in [2.45, 2.75) is 52.7 Å². The molecule has 32 heavy (non-hydrogen) atoms. The predicted molar refractivity (Wildman–Crippen MR) is 116 cm³/mol. The zero-order valence-electron chi connectivity index (χ0n) is 20.2. The Morgan fingerprint density at radius 2 is 1.44 bits per heavy atom. The van der Waals surface area contributed by atoms with Gasteiger partial charge >= 0.3 is 18.0 Å². The van der Waals surface area contributed by atoms with E-state index in [1.165, 1.54) is 0 Å². The second-order valence-corrected chi connectivity index (χ2v) is 8.90. The number of hydrogen-bond donors (Lipinski definition) is 2. The number of alkyl carbamates (subject to hydrolysis) is 1. The maximum absolute atomic E-state index is 11.9. The molecule has 0 saturated heterocycles. The lowest BCUT2D eigenvalue weighted by Crippen LogP contribution is -2.38. The van der Waals surface area contributed by atoms with Crippen LogP contribution in [0.15, 0.2) is 0 Å². The Kier molecular flexibility index (Phi) is 14.8. The summed E-state index contributed by atoms with van der Waals surface area (Å²) in [5.41, 5.74) is -1.15. The van der Waals surface area contributed by atoms with Gasteiger partial charge in [-0.2, -0.15) is 0 Å². The summed E-state index contributed by atoms with van der Waals surface area (Å²) in [6, 6.07) is 0. The molecule has 0 aromatic carbocycles. The maximum Gasteiger partial charge on any atom is 0.407 e. The third kappa shape index (κ3) is 20.0. The fourth-order valence-corrected chi connectivity index (χ4v) is 2.21. The van der Waals surface area contributed by atoms with Crippen LogP contribution in [-0.2, 0) is 33.3 Å². The lowest BCUT2D eigenvalue weighted by Gasteiger charge is -2.24. The lowest BCUT2D eigenvalue weighted by molar-refractivity contribution is -0.156. The molecule has 0 aliphatic carbocycles. The Morgan fingerprint density at radius 1 is 0.812 bits per heavy atom. The van der Waals surface area contributed by atoms with E-state index in [0.29, 0.717) is 6.54 Å². The zero-order valence-corrected chi connectivity index (χ0v) is 20.2. The van der Waals surface area contributed by atoms with E-state index in [2.05, 4.69) is 5.32 Å². The standard InChI is InChI=1S/C21H40N2O9/c1-20(2,3)31-17(25)15-23(8-10-24)9-12-30-18(26)16-29-14-13-28-11-7-22-19(27)32-21(4,5)6/h24H,7-16H2,1-6H3,(H,22,27). The van der Waals surface area contributed by atoms with Gasteiger partial charge < -0.3 is 34.1 Å². The van der Waals surface area contributed by atoms with Gasteiger partial charge in [-0.15, -0.1) is 0 Å². The summed E-state index contributed by atoms with van der Waals surface area (Å²) in [6.07, 6.45) is -0.510. The molecule has 0 radical (unpaired) electrons. The highest BCUT2D eigenvalue weighted by Crippen LogP contribution is 2.07. The van der Waals surface area contributed by atoms with Crippen molar-refractivity contribution >= 4 is 18.0 Å². The van der Waals surface area contributed by atoms with E-state index in [1.54, 1.807) is 46.4 Å². The average Bonchev–Trinajstić information content (AvgIpc) is 2.60. The molecule has 11 heteroatoms. The number of nitrogens with one attached hydrogen (secondary N) is 1. The zero-order chi connectivity index (χ0) is 24.6. The molecule has 0 aromatic rings. The van der Waals surface area contributed by atoms with Gasteiger partial charge in [0.25, 0.3) is 0 Å². The van der Waals surface area contributed by atoms with Crippen LogP contribution >= 0.6 is 0 Å². The monoisotopic (exact) mass is 464 g/mol. The van der Waals surface area contributed by atoms with E-state index < -0.39 is 29.2 Å². The molecule has 0 aromatic heterocycles. The van der Waals surface area contributed by atoms with Crippen LogP contribution < -0.4 is 5.32 Å². The number of nitrogens with zero attached hydrogens (tertiary/aromatic N) is 1. The molecular weight excluding hydrogens is 424 g/mol. The highest BCUT2D eigenvalue weighted by Gasteiger charge is 2.19. The highest BCUT2D eigenvalue weighted by atomic mass is 16.6. The molecule has 0 rings (SSSR count). The third-order valence-corrected chi connectivity index (χ3v) is 3.37. The number of aliphatic hydroxyl groups excluding tert-OH is 1. The molecule has 2 N–H and O–H groups in total. The Labute approximate surface area is 190 Å². The van der Waals surface area contributed by atoms with Gasteiger partial charge in [-0.25, -0.2) is 9.59 Å². The van der Waals surface area contributed by atoms with Crippen LogP contribution in [0.1, 0.15) is 41.5 Å². The second-order valence-electron chi connectivity index (χ2n) is 8.90. The van der Waals surface area contributed by atoms with Crippen LogP contribution in [0.5, 0.6) is 0 Å². The van der Waals surface area contributed by atoms with Gasteiger partial charge in [0.15, 0.2) is 0 Å². The minimum Gasteiger partial charge on any atom is -0.463 e. The second kappa shape index (κ2) is 15.8. The highest BCUT2D eigenvalue weighted by molar-refractivity contribution is 5.72. The number of amides is 1. The molecule has 0 heterocycles. The van der Waals surface area contributed by atoms with E-state index >= 15 is 0 Å². The fourth-order valence-electron chi connectivity index (χ4n) is 2.21. The molecule has 0 aliphatic heterocycles. The van der Waals surface area contributed by atoms with Gasteiger partial charge in [0, 0.05) is 19.6 Å². The number of esters is 2. The molecular formula is C21H40N2O9. The van der Waals surface area contributed by atoms with Crippen molar-refractivity contribution in [2.24, 2.45) is 0 Å². The number of carbonyl (C=O) groups is 3. The van der Waals surface area contributed by atoms with Crippen molar-refractivity contribution in [1.82, 2.24) is 10.2 Å². The van der Waals surface area contributed by atoms with Gasteiger partial charge in [0.05, 0.1) is 33.0 Å². The first-order chi connectivity index (χ1) is 14.8. The van der Waals surface area contributed by atoms with Crippen molar-refractivity contribution in [1.29, 1.82) is 0 Å². The van der Waals surface area contributed by atoms with Crippen molar-refractivity contribution in [3.8, 4) is 0 Å². The number of ether oxygens (including phenoxy) is 5. The lowest BCUT2D eigenvalue weighted by atomic mass is 10.2. The van der Waals surface area contributed by atoms with Gasteiger partial charge in [-0.05, 0) is 41.5 Å². The molecule has 0 fully saturated rings. The van der Waals surface area contributed by atoms with Crippen LogP contribution in [0, 0.1) is 0 Å². The maximum atomic E-state index is 11.9. The molecule has 188 valence electrons. The summed E-state index contributed by atoms with van der Waals surface area (Å²) >= 11 is 0. The first-order valence-electron chi connectivity index (χ1n) is 10.7. The molecule has 0 unspecified atom stereocenters. The molecule has 0 bridgehead atoms. The van der Waals surface area contributed by atoms with Gasteiger partial charge in [-0.3, -0.25) is 9.69 Å². The van der Waals surface area contributed by atoms with Crippen LogP contribution in [0.2, 0.25) is 0 Å². The van der Waals surface area contributed by atoms with Gasteiger partial charge in [0.1, 0.15) is 24.4 Å². The smallest absolute Gasteiger partial charge is 0.407 e. The summed E-state index contributed by atoms with van der Waals surface area (Å²) in [5, 5.41) is 11.7. The molecule has 0 spiro atoms. The predicted octanol–water partition coefficient (Wildman–Crippen LogP) is 0.724. The number of hydrogen-bond acceptors (Lipinski definition) is 10. The normalized spacial score (nSPS) is 11.9. The van der Waals surface area contributed by atoms with Crippen molar-refractivity contribution < 1.29 is 43.2 Å². The Balaban J connectivity index is 3.80. The summed E-state index contributed by atoms with van der Waals surface area (Å²) in [6.45, 7) is 11.9. The molecule has 0 atom stereocenters. The summed E-state index contributed by atoms with van der Waals surface area (Å²) in [5.74, 6) is -0.959. The quantitative estimate of drug-likeness (QED) is 0.203. The Morgan fingerprint density at radius 3 is 2.03 bits per heavy atom. The molecule has 11 nitrogen and oxygen atoms in total. The van der Waals surface area contributed by atoms with E-state index in [0.717, 1.165) is 0 Å². The SMILES string of the molecule is CC(C)(C)OC(=O)CN(CCO)CCOC(=O)COCCOCCNC(=O)OC(C)(C)C. The summed E-state index contributed by atoms with van der Waals surface area (Å²) < 4.78 is 25.9. The van der Waals surface area contributed by atoms with E-state index in [-0.39, 0.29) is 59.3 Å². The Hall–Kier alpha value is -1.95. The minimum atomic E-state index is -0.593. The first-order valence-corrected chi connectivity index (χ1v) is 10.7. The minimum absolute atomic E-state index is 0.00793. The molecule has 0 saturated carbocycles. The topological polar surface area (TPSA) is 133 Å². The molecule has 0 aliphatic rings. The fraction of sp³-hybridized carbons (Fsp3) is 0.857. The summed E-state index contributed by atoms with van der Waals surface area (Å²) in [4.78, 5) is 36.7. The number of aliphatic hydroxyl groups is 1. The largest absolute Gasteiger partial charge is 0.463 e. The van der Waals surface area contributed by atoms with Crippen LogP contribution in [0.3, 0.4) is 0 Å². The Bertz CT molecular complexity index is 556. The molecule has 1 amide bonds. The third-order valence-electron chi connectivity index (χ3n) is 3.37. The van der Waals surface area contributed by atoms with Crippen molar-refractivity contribution in [3.63, 3.8) is 0 Å². The number of rotatable bonds is 15. The summed E-state index contributed by atoms with van der Waals surface area (Å²) in [7, 11) is 0. The van der Waals surface area contributed by atoms with Crippen LogP contribution in [-0.4, -0.2) is 105 Å². The van der Waals surface area contributed by atoms with Crippen LogP contribution in [0.4, 0.5) is 4.79 Å². The van der Waals surface area contributed by atoms with Crippen molar-refractivity contribution in [3.05, 3.63) is 0 Å². The van der Waals surface area contributed by atoms with Crippen molar-refractivity contribution in [2.75, 3.05) is 65.8 Å².